The van der Waals surface area contributed by atoms with Gasteiger partial charge in [0.1, 0.15) is 11.0 Å². The minimum atomic E-state index is 0.650. The number of pyridine rings is 1. The molecule has 0 amide bonds. The molecule has 0 spiro atoms. The Bertz CT molecular complexity index is 2920. The maximum Gasteiger partial charge on any atom is 0.195 e. The SMILES string of the molecule is N#Cc1ccc2c(c1)c1cc(-c3cccc(-c4nc5ccccc5c5nc6sc7ccccc7n6c45)c3)ccc1n2-c1ccccc1. The molecular formula is C41H23N5S. The number of nitrogens with zero attached hydrogens (tertiary/aromatic N) is 5. The molecule has 218 valence electrons. The largest absolute Gasteiger partial charge is 0.309 e. The van der Waals surface area contributed by atoms with Gasteiger partial charge >= 0.3 is 0 Å². The molecule has 0 bridgehead atoms. The lowest BCUT2D eigenvalue weighted by Gasteiger charge is -2.10. The summed E-state index contributed by atoms with van der Waals surface area (Å²) in [7, 11) is 0. The zero-order valence-corrected chi connectivity index (χ0v) is 25.7. The third-order valence-electron chi connectivity index (χ3n) is 9.15. The van der Waals surface area contributed by atoms with Crippen LogP contribution in [0.3, 0.4) is 0 Å². The number of aromatic nitrogens is 4. The molecule has 0 N–H and O–H groups in total. The van der Waals surface area contributed by atoms with Gasteiger partial charge in [-0.2, -0.15) is 5.26 Å². The van der Waals surface area contributed by atoms with Gasteiger partial charge in [-0.25, -0.2) is 9.97 Å². The second kappa shape index (κ2) is 9.85. The first kappa shape index (κ1) is 26.0. The molecule has 0 atom stereocenters. The van der Waals surface area contributed by atoms with Crippen LogP contribution in [0, 0.1) is 11.3 Å². The zero-order chi connectivity index (χ0) is 31.1. The van der Waals surface area contributed by atoms with Crippen LogP contribution in [-0.2, 0) is 0 Å². The fourth-order valence-electron chi connectivity index (χ4n) is 7.04. The number of imidazole rings is 1. The number of hydrogen-bond donors (Lipinski definition) is 0. The zero-order valence-electron chi connectivity index (χ0n) is 24.9. The molecule has 4 heterocycles. The second-order valence-electron chi connectivity index (χ2n) is 11.8. The molecule has 0 saturated carbocycles. The number of thiazole rings is 1. The number of hydrogen-bond acceptors (Lipinski definition) is 4. The van der Waals surface area contributed by atoms with Crippen molar-refractivity contribution in [2.45, 2.75) is 0 Å². The van der Waals surface area contributed by atoms with Gasteiger partial charge in [-0.05, 0) is 77.9 Å². The fourth-order valence-corrected chi connectivity index (χ4v) is 8.07. The monoisotopic (exact) mass is 617 g/mol. The van der Waals surface area contributed by atoms with Crippen LogP contribution in [0.25, 0.3) is 87.0 Å². The summed E-state index contributed by atoms with van der Waals surface area (Å²) < 4.78 is 5.75. The van der Waals surface area contributed by atoms with Gasteiger partial charge in [0.25, 0.3) is 0 Å². The summed E-state index contributed by atoms with van der Waals surface area (Å²) in [5, 5.41) is 13.0. The predicted octanol–water partition coefficient (Wildman–Crippen LogP) is 10.6. The molecule has 0 unspecified atom stereocenters. The van der Waals surface area contributed by atoms with Gasteiger partial charge in [-0.1, -0.05) is 84.1 Å². The van der Waals surface area contributed by atoms with Crippen molar-refractivity contribution in [1.82, 2.24) is 18.9 Å². The lowest BCUT2D eigenvalue weighted by atomic mass is 9.98. The van der Waals surface area contributed by atoms with Crippen LogP contribution >= 0.6 is 11.3 Å². The Morgan fingerprint density at radius 2 is 1.32 bits per heavy atom. The number of benzene rings is 6. The maximum absolute atomic E-state index is 9.73. The van der Waals surface area contributed by atoms with Crippen LogP contribution < -0.4 is 0 Å². The maximum atomic E-state index is 9.73. The number of fused-ring (bicyclic) bond motifs is 10. The lowest BCUT2D eigenvalue weighted by molar-refractivity contribution is 1.18. The topological polar surface area (TPSA) is 58.9 Å². The van der Waals surface area contributed by atoms with Crippen LogP contribution in [0.5, 0.6) is 0 Å². The van der Waals surface area contributed by atoms with E-state index in [0.29, 0.717) is 5.56 Å². The van der Waals surface area contributed by atoms with Gasteiger partial charge in [0.05, 0.1) is 44.1 Å². The average Bonchev–Trinajstić information content (AvgIpc) is 3.79. The molecule has 0 aliphatic heterocycles. The van der Waals surface area contributed by atoms with Crippen LogP contribution in [0.2, 0.25) is 0 Å². The third-order valence-corrected chi connectivity index (χ3v) is 10.2. The van der Waals surface area contributed by atoms with Crippen molar-refractivity contribution in [3.8, 4) is 34.1 Å². The van der Waals surface area contributed by atoms with Crippen LogP contribution in [0.15, 0.2) is 140 Å². The molecule has 5 nitrogen and oxygen atoms in total. The third kappa shape index (κ3) is 3.81. The second-order valence-corrected chi connectivity index (χ2v) is 12.8. The first-order valence-electron chi connectivity index (χ1n) is 15.5. The summed E-state index contributed by atoms with van der Waals surface area (Å²) in [6.07, 6.45) is 0. The molecule has 0 aliphatic rings. The van der Waals surface area contributed by atoms with Crippen molar-refractivity contribution in [3.05, 3.63) is 145 Å². The van der Waals surface area contributed by atoms with Gasteiger partial charge in [-0.3, -0.25) is 4.40 Å². The van der Waals surface area contributed by atoms with E-state index in [2.05, 4.69) is 130 Å². The normalized spacial score (nSPS) is 11.8. The summed E-state index contributed by atoms with van der Waals surface area (Å²) in [6.45, 7) is 0. The smallest absolute Gasteiger partial charge is 0.195 e. The molecule has 0 aliphatic carbocycles. The van der Waals surface area contributed by atoms with Gasteiger partial charge in [-0.15, -0.1) is 0 Å². The van der Waals surface area contributed by atoms with Crippen molar-refractivity contribution in [2.75, 3.05) is 0 Å². The van der Waals surface area contributed by atoms with Crippen LogP contribution in [0.1, 0.15) is 5.56 Å². The molecule has 6 aromatic carbocycles. The Kier molecular flexibility index (Phi) is 5.45. The van der Waals surface area contributed by atoms with E-state index < -0.39 is 0 Å². The highest BCUT2D eigenvalue weighted by atomic mass is 32.1. The van der Waals surface area contributed by atoms with Gasteiger partial charge in [0.2, 0.25) is 0 Å². The van der Waals surface area contributed by atoms with Gasteiger partial charge in [0.15, 0.2) is 4.96 Å². The first-order valence-corrected chi connectivity index (χ1v) is 16.3. The molecule has 10 rings (SSSR count). The highest BCUT2D eigenvalue weighted by Gasteiger charge is 2.20. The number of para-hydroxylation sites is 3. The minimum Gasteiger partial charge on any atom is -0.309 e. The van der Waals surface area contributed by atoms with Crippen molar-refractivity contribution >= 4 is 70.3 Å². The van der Waals surface area contributed by atoms with E-state index in [1.165, 1.54) is 4.70 Å². The lowest BCUT2D eigenvalue weighted by Crippen LogP contribution is -1.93. The highest BCUT2D eigenvalue weighted by Crippen LogP contribution is 2.40. The Morgan fingerprint density at radius 3 is 2.21 bits per heavy atom. The molecule has 0 saturated heterocycles. The predicted molar refractivity (Wildman–Crippen MR) is 193 cm³/mol. The summed E-state index contributed by atoms with van der Waals surface area (Å²) in [6, 6.07) is 50.7. The van der Waals surface area contributed by atoms with Crippen molar-refractivity contribution in [2.24, 2.45) is 0 Å². The van der Waals surface area contributed by atoms with E-state index in [4.69, 9.17) is 9.97 Å². The number of nitriles is 1. The molecular weight excluding hydrogens is 595 g/mol. The Labute approximate surface area is 272 Å². The molecule has 47 heavy (non-hydrogen) atoms. The van der Waals surface area contributed by atoms with Crippen LogP contribution in [0.4, 0.5) is 0 Å². The summed E-state index contributed by atoms with van der Waals surface area (Å²) in [5.74, 6) is 0. The van der Waals surface area contributed by atoms with Crippen molar-refractivity contribution < 1.29 is 0 Å². The Hall–Kier alpha value is -6.29. The molecule has 0 fully saturated rings. The van der Waals surface area contributed by atoms with E-state index in [9.17, 15) is 5.26 Å². The summed E-state index contributed by atoms with van der Waals surface area (Å²) in [4.78, 5) is 11.4. The highest BCUT2D eigenvalue weighted by molar-refractivity contribution is 7.23. The quantitative estimate of drug-likeness (QED) is 0.198. The van der Waals surface area contributed by atoms with E-state index in [1.807, 2.05) is 24.3 Å². The van der Waals surface area contributed by atoms with E-state index in [1.54, 1.807) is 11.3 Å². The first-order chi connectivity index (χ1) is 23.2. The minimum absolute atomic E-state index is 0.650. The standard InChI is InChI=1S/C41H23N5S/c42-24-25-17-19-34-31(21-25)32-23-27(18-20-35(32)45(34)29-11-2-1-3-12-29)26-9-8-10-28(22-26)38-40-39(30-13-4-5-14-33(30)43-38)44-41-46(40)36-15-6-7-16-37(36)47-41/h1-23H. The van der Waals surface area contributed by atoms with Gasteiger partial charge < -0.3 is 4.57 Å². The Balaban J connectivity index is 1.21. The van der Waals surface area contributed by atoms with Crippen molar-refractivity contribution in [3.63, 3.8) is 0 Å². The van der Waals surface area contributed by atoms with Crippen molar-refractivity contribution in [1.29, 1.82) is 5.26 Å². The van der Waals surface area contributed by atoms with E-state index in [-0.39, 0.29) is 0 Å². The molecule has 4 aromatic heterocycles. The fraction of sp³-hybridized carbons (Fsp3) is 0. The average molecular weight is 618 g/mol. The number of rotatable bonds is 3. The van der Waals surface area contributed by atoms with E-state index in [0.717, 1.165) is 82.3 Å². The molecule has 0 radical (unpaired) electrons. The summed E-state index contributed by atoms with van der Waals surface area (Å²) in [5.41, 5.74) is 12.1. The molecule has 10 aromatic rings. The van der Waals surface area contributed by atoms with Gasteiger partial charge in [0, 0.05) is 27.4 Å². The van der Waals surface area contributed by atoms with E-state index >= 15 is 0 Å². The Morgan fingerprint density at radius 1 is 0.574 bits per heavy atom. The molecule has 6 heteroatoms. The van der Waals surface area contributed by atoms with Crippen LogP contribution in [-0.4, -0.2) is 18.9 Å². The summed E-state index contributed by atoms with van der Waals surface area (Å²) >= 11 is 1.71.